The first kappa shape index (κ1) is 19.5. The van der Waals surface area contributed by atoms with E-state index in [0.717, 1.165) is 60.9 Å². The van der Waals surface area contributed by atoms with Crippen molar-refractivity contribution in [1.29, 1.82) is 0 Å². The third kappa shape index (κ3) is 4.49. The molecule has 0 spiro atoms. The molecule has 0 amide bonds. The quantitative estimate of drug-likeness (QED) is 0.479. The van der Waals surface area contributed by atoms with Crippen LogP contribution in [0.15, 0.2) is 79.3 Å². The molecule has 1 aromatic carbocycles. The van der Waals surface area contributed by atoms with Crippen LogP contribution in [0.5, 0.6) is 5.75 Å². The summed E-state index contributed by atoms with van der Waals surface area (Å²) in [5.41, 5.74) is 3.09. The van der Waals surface area contributed by atoms with Gasteiger partial charge in [0, 0.05) is 56.7 Å². The minimum atomic E-state index is 0.432. The van der Waals surface area contributed by atoms with Gasteiger partial charge in [0.2, 0.25) is 0 Å². The van der Waals surface area contributed by atoms with Gasteiger partial charge in [-0.2, -0.15) is 0 Å². The van der Waals surface area contributed by atoms with Crippen molar-refractivity contribution in [3.05, 3.63) is 90.5 Å². The molecule has 4 heterocycles. The van der Waals surface area contributed by atoms with Gasteiger partial charge in [-0.15, -0.1) is 0 Å². The highest BCUT2D eigenvalue weighted by Gasteiger charge is 2.19. The van der Waals surface area contributed by atoms with Crippen LogP contribution in [0.25, 0.3) is 10.9 Å². The monoisotopic (exact) mass is 411 g/mol. The van der Waals surface area contributed by atoms with E-state index in [2.05, 4.69) is 43.0 Å². The Morgan fingerprint density at radius 1 is 0.742 bits per heavy atom. The van der Waals surface area contributed by atoms with Crippen molar-refractivity contribution in [2.45, 2.75) is 13.2 Å². The molecule has 3 aromatic heterocycles. The summed E-state index contributed by atoms with van der Waals surface area (Å²) >= 11 is 0. The van der Waals surface area contributed by atoms with Crippen molar-refractivity contribution < 1.29 is 4.74 Å². The molecule has 0 unspecified atom stereocenters. The van der Waals surface area contributed by atoms with Gasteiger partial charge in [-0.3, -0.25) is 14.9 Å². The highest BCUT2D eigenvalue weighted by Crippen LogP contribution is 2.28. The molecule has 1 aliphatic rings. The fraction of sp³-hybridized carbons (Fsp3) is 0.240. The highest BCUT2D eigenvalue weighted by atomic mass is 16.5. The lowest BCUT2D eigenvalue weighted by atomic mass is 10.1. The number of nitrogens with zero attached hydrogens (tertiary/aromatic N) is 5. The van der Waals surface area contributed by atoms with Crippen molar-refractivity contribution in [1.82, 2.24) is 19.9 Å². The maximum Gasteiger partial charge on any atom is 0.146 e. The first-order chi connectivity index (χ1) is 15.4. The Kier molecular flexibility index (Phi) is 5.71. The summed E-state index contributed by atoms with van der Waals surface area (Å²) < 4.78 is 6.06. The zero-order chi connectivity index (χ0) is 20.9. The molecule has 6 heteroatoms. The normalized spacial score (nSPS) is 14.6. The standard InChI is InChI=1S/C25H25N5O/c1-3-11-26-21(6-1)19-31-23-10-9-20(22-7-5-13-28-25(22)23)18-29-14-16-30(17-15-29)24-8-2-4-12-27-24/h1-13H,14-19H2. The molecule has 0 radical (unpaired) electrons. The van der Waals surface area contributed by atoms with Gasteiger partial charge >= 0.3 is 0 Å². The molecule has 1 saturated heterocycles. The third-order valence-corrected chi connectivity index (χ3v) is 5.66. The second kappa shape index (κ2) is 9.10. The van der Waals surface area contributed by atoms with Gasteiger partial charge < -0.3 is 9.64 Å². The van der Waals surface area contributed by atoms with Crippen LogP contribution in [0, 0.1) is 0 Å². The Balaban J connectivity index is 1.28. The smallest absolute Gasteiger partial charge is 0.146 e. The molecule has 0 aliphatic carbocycles. The van der Waals surface area contributed by atoms with Crippen LogP contribution in [0.2, 0.25) is 0 Å². The van der Waals surface area contributed by atoms with Crippen LogP contribution in [0.3, 0.4) is 0 Å². The van der Waals surface area contributed by atoms with Crippen LogP contribution in [0.4, 0.5) is 5.82 Å². The van der Waals surface area contributed by atoms with Crippen molar-refractivity contribution in [2.75, 3.05) is 31.1 Å². The van der Waals surface area contributed by atoms with E-state index in [0.29, 0.717) is 6.61 Å². The molecule has 31 heavy (non-hydrogen) atoms. The van der Waals surface area contributed by atoms with Crippen LogP contribution < -0.4 is 9.64 Å². The Hall–Kier alpha value is -3.51. The van der Waals surface area contributed by atoms with Gasteiger partial charge in [0.15, 0.2) is 0 Å². The number of fused-ring (bicyclic) bond motifs is 1. The lowest BCUT2D eigenvalue weighted by molar-refractivity contribution is 0.250. The van der Waals surface area contributed by atoms with Crippen LogP contribution in [0.1, 0.15) is 11.3 Å². The van der Waals surface area contributed by atoms with Crippen LogP contribution in [-0.2, 0) is 13.2 Å². The zero-order valence-corrected chi connectivity index (χ0v) is 17.4. The highest BCUT2D eigenvalue weighted by molar-refractivity contribution is 5.87. The summed E-state index contributed by atoms with van der Waals surface area (Å²) in [5, 5.41) is 1.15. The SMILES string of the molecule is c1ccc(COc2ccc(CN3CCN(c4ccccn4)CC3)c3cccnc23)nc1. The maximum absolute atomic E-state index is 6.06. The molecule has 0 N–H and O–H groups in total. The Morgan fingerprint density at radius 2 is 1.55 bits per heavy atom. The summed E-state index contributed by atoms with van der Waals surface area (Å²) in [4.78, 5) is 18.3. The van der Waals surface area contributed by atoms with Crippen molar-refractivity contribution in [2.24, 2.45) is 0 Å². The summed E-state index contributed by atoms with van der Waals surface area (Å²) in [6.07, 6.45) is 5.47. The van der Waals surface area contributed by atoms with Gasteiger partial charge in [0.1, 0.15) is 23.7 Å². The Bertz CT molecular complexity index is 1130. The molecule has 156 valence electrons. The Morgan fingerprint density at radius 3 is 2.32 bits per heavy atom. The second-order valence-corrected chi connectivity index (χ2v) is 7.68. The van der Waals surface area contributed by atoms with E-state index in [1.807, 2.05) is 54.9 Å². The number of pyridine rings is 3. The van der Waals surface area contributed by atoms with Crippen molar-refractivity contribution >= 4 is 16.7 Å². The zero-order valence-electron chi connectivity index (χ0n) is 17.4. The van der Waals surface area contributed by atoms with E-state index < -0.39 is 0 Å². The number of hydrogen-bond acceptors (Lipinski definition) is 6. The second-order valence-electron chi connectivity index (χ2n) is 7.68. The molecule has 6 nitrogen and oxygen atoms in total. The average molecular weight is 412 g/mol. The lowest BCUT2D eigenvalue weighted by Gasteiger charge is -2.35. The minimum Gasteiger partial charge on any atom is -0.485 e. The summed E-state index contributed by atoms with van der Waals surface area (Å²) in [6.45, 7) is 5.32. The lowest BCUT2D eigenvalue weighted by Crippen LogP contribution is -2.46. The maximum atomic E-state index is 6.06. The predicted molar refractivity (Wildman–Crippen MR) is 122 cm³/mol. The van der Waals surface area contributed by atoms with Gasteiger partial charge in [0.25, 0.3) is 0 Å². The topological polar surface area (TPSA) is 54.4 Å². The van der Waals surface area contributed by atoms with Crippen molar-refractivity contribution in [3.63, 3.8) is 0 Å². The number of rotatable bonds is 6. The molecule has 1 fully saturated rings. The molecule has 0 bridgehead atoms. The number of aromatic nitrogens is 3. The number of ether oxygens (including phenoxy) is 1. The minimum absolute atomic E-state index is 0.432. The van der Waals surface area contributed by atoms with E-state index in [1.54, 1.807) is 6.20 Å². The molecule has 5 rings (SSSR count). The molecule has 0 atom stereocenters. The summed E-state index contributed by atoms with van der Waals surface area (Å²) in [7, 11) is 0. The largest absolute Gasteiger partial charge is 0.485 e. The predicted octanol–water partition coefficient (Wildman–Crippen LogP) is 3.93. The van der Waals surface area contributed by atoms with Gasteiger partial charge in [-0.05, 0) is 42.0 Å². The molecule has 0 saturated carbocycles. The molecule has 1 aliphatic heterocycles. The van der Waals surface area contributed by atoms with Gasteiger partial charge in [-0.25, -0.2) is 4.98 Å². The number of piperazine rings is 1. The van der Waals surface area contributed by atoms with E-state index >= 15 is 0 Å². The van der Waals surface area contributed by atoms with E-state index in [9.17, 15) is 0 Å². The van der Waals surface area contributed by atoms with Gasteiger partial charge in [0.05, 0.1) is 5.69 Å². The Labute approximate surface area is 182 Å². The molecular formula is C25H25N5O. The first-order valence-electron chi connectivity index (χ1n) is 10.6. The fourth-order valence-electron chi connectivity index (χ4n) is 4.01. The fourth-order valence-corrected chi connectivity index (χ4v) is 4.01. The van der Waals surface area contributed by atoms with E-state index in [-0.39, 0.29) is 0 Å². The molecular weight excluding hydrogens is 386 g/mol. The van der Waals surface area contributed by atoms with E-state index in [4.69, 9.17) is 4.74 Å². The summed E-state index contributed by atoms with van der Waals surface area (Å²) in [5.74, 6) is 1.86. The summed E-state index contributed by atoms with van der Waals surface area (Å²) in [6, 6.07) is 20.3. The number of anilines is 1. The first-order valence-corrected chi connectivity index (χ1v) is 10.6. The van der Waals surface area contributed by atoms with Crippen molar-refractivity contribution in [3.8, 4) is 5.75 Å². The van der Waals surface area contributed by atoms with Crippen LogP contribution >= 0.6 is 0 Å². The molecule has 4 aromatic rings. The van der Waals surface area contributed by atoms with Crippen LogP contribution in [-0.4, -0.2) is 46.0 Å². The van der Waals surface area contributed by atoms with Gasteiger partial charge in [-0.1, -0.05) is 24.3 Å². The number of hydrogen-bond donors (Lipinski definition) is 0. The van der Waals surface area contributed by atoms with E-state index in [1.165, 1.54) is 5.56 Å². The number of benzene rings is 1. The average Bonchev–Trinajstić information content (AvgIpc) is 2.85. The third-order valence-electron chi connectivity index (χ3n) is 5.66.